The van der Waals surface area contributed by atoms with Crippen LogP contribution in [0.5, 0.6) is 0 Å². The van der Waals surface area contributed by atoms with Crippen molar-refractivity contribution in [3.05, 3.63) is 69.9 Å². The van der Waals surface area contributed by atoms with Gasteiger partial charge in [0.1, 0.15) is 10.7 Å². The number of H-pyrrole nitrogens is 1. The van der Waals surface area contributed by atoms with Gasteiger partial charge in [0.2, 0.25) is 10.0 Å². The third kappa shape index (κ3) is 3.56. The molecule has 3 rings (SSSR count). The Balaban J connectivity index is 1.93. The highest BCUT2D eigenvalue weighted by atomic mass is 35.5. The van der Waals surface area contributed by atoms with Gasteiger partial charge >= 0.3 is 0 Å². The summed E-state index contributed by atoms with van der Waals surface area (Å²) in [4.78, 5) is 11.0. The van der Waals surface area contributed by atoms with Crippen molar-refractivity contribution in [2.75, 3.05) is 0 Å². The lowest BCUT2D eigenvalue weighted by atomic mass is 10.1. The number of hydrogen-bond donors (Lipinski definition) is 2. The topological polar surface area (TPSA) is 105 Å². The van der Waals surface area contributed by atoms with Gasteiger partial charge < -0.3 is 4.42 Å². The van der Waals surface area contributed by atoms with E-state index in [0.717, 1.165) is 0 Å². The molecular weight excluding hydrogens is 354 g/mol. The van der Waals surface area contributed by atoms with E-state index >= 15 is 0 Å². The van der Waals surface area contributed by atoms with Gasteiger partial charge in [-0.05, 0) is 30.3 Å². The van der Waals surface area contributed by atoms with E-state index in [4.69, 9.17) is 16.0 Å². The lowest BCUT2D eigenvalue weighted by Gasteiger charge is -2.09. The highest BCUT2D eigenvalue weighted by molar-refractivity contribution is 7.89. The zero-order chi connectivity index (χ0) is 17.2. The normalized spacial score (nSPS) is 11.5. The zero-order valence-corrected chi connectivity index (χ0v) is 13.8. The summed E-state index contributed by atoms with van der Waals surface area (Å²) < 4.78 is 32.5. The van der Waals surface area contributed by atoms with Crippen LogP contribution in [0.2, 0.25) is 5.02 Å². The van der Waals surface area contributed by atoms with Gasteiger partial charge in [0, 0.05) is 11.6 Å². The van der Waals surface area contributed by atoms with Crippen LogP contribution in [0, 0.1) is 0 Å². The van der Waals surface area contributed by atoms with Crippen LogP contribution in [0.25, 0.3) is 11.3 Å². The molecule has 0 fully saturated rings. The maximum absolute atomic E-state index is 12.5. The van der Waals surface area contributed by atoms with Crippen LogP contribution < -0.4 is 10.3 Å². The second-order valence-corrected chi connectivity index (χ2v) is 7.00. The number of rotatable bonds is 5. The average Bonchev–Trinajstić information content (AvgIpc) is 3.08. The van der Waals surface area contributed by atoms with Gasteiger partial charge in [-0.3, -0.25) is 4.79 Å². The molecule has 124 valence electrons. The molecule has 2 N–H and O–H groups in total. The molecule has 0 aliphatic rings. The second kappa shape index (κ2) is 6.60. The first-order chi connectivity index (χ1) is 11.5. The van der Waals surface area contributed by atoms with Crippen LogP contribution in [-0.2, 0) is 16.6 Å². The second-order valence-electron chi connectivity index (χ2n) is 4.86. The molecule has 3 aromatic rings. The maximum atomic E-state index is 12.5. The van der Waals surface area contributed by atoms with E-state index in [2.05, 4.69) is 14.9 Å². The van der Waals surface area contributed by atoms with Crippen LogP contribution in [0.4, 0.5) is 0 Å². The van der Waals surface area contributed by atoms with Crippen LogP contribution in [0.15, 0.2) is 62.8 Å². The van der Waals surface area contributed by atoms with Crippen molar-refractivity contribution in [2.24, 2.45) is 0 Å². The predicted octanol–water partition coefficient (Wildman–Crippen LogP) is 2.16. The molecule has 9 heteroatoms. The highest BCUT2D eigenvalue weighted by Crippen LogP contribution is 2.27. The SMILES string of the molecule is O=c1ccc(-c2ccc(Cl)c(S(=O)(=O)NCc3ccco3)c2)n[nH]1. The van der Waals surface area contributed by atoms with Crippen LogP contribution >= 0.6 is 11.6 Å². The number of sulfonamides is 1. The van der Waals surface area contributed by atoms with E-state index in [1.54, 1.807) is 18.2 Å². The molecule has 0 unspecified atom stereocenters. The zero-order valence-electron chi connectivity index (χ0n) is 12.2. The fourth-order valence-electron chi connectivity index (χ4n) is 2.03. The summed E-state index contributed by atoms with van der Waals surface area (Å²) in [5, 5.41) is 6.25. The standard InChI is InChI=1S/C15H12ClN3O4S/c16-12-4-3-10(13-5-6-15(20)19-18-13)8-14(12)24(21,22)17-9-11-2-1-7-23-11/h1-8,17H,9H2,(H,19,20). The molecule has 0 saturated carbocycles. The minimum absolute atomic E-state index is 0.00674. The quantitative estimate of drug-likeness (QED) is 0.720. The lowest BCUT2D eigenvalue weighted by Crippen LogP contribution is -2.23. The summed E-state index contributed by atoms with van der Waals surface area (Å²) in [5.41, 5.74) is 0.587. The summed E-state index contributed by atoms with van der Waals surface area (Å²) in [6, 6.07) is 10.6. The number of hydrogen-bond acceptors (Lipinski definition) is 5. The third-order valence-electron chi connectivity index (χ3n) is 3.21. The van der Waals surface area contributed by atoms with Crippen molar-refractivity contribution in [1.82, 2.24) is 14.9 Å². The van der Waals surface area contributed by atoms with Gasteiger partial charge in [-0.15, -0.1) is 0 Å². The molecule has 2 heterocycles. The van der Waals surface area contributed by atoms with E-state index in [1.165, 1.54) is 30.5 Å². The van der Waals surface area contributed by atoms with E-state index in [0.29, 0.717) is 17.0 Å². The number of furan rings is 1. The van der Waals surface area contributed by atoms with Gasteiger partial charge in [-0.25, -0.2) is 18.2 Å². The van der Waals surface area contributed by atoms with Crippen molar-refractivity contribution in [3.8, 4) is 11.3 Å². The Morgan fingerprint density at radius 3 is 2.71 bits per heavy atom. The molecular formula is C15H12ClN3O4S. The molecule has 24 heavy (non-hydrogen) atoms. The summed E-state index contributed by atoms with van der Waals surface area (Å²) in [6.07, 6.45) is 1.46. The van der Waals surface area contributed by atoms with Crippen molar-refractivity contribution in [2.45, 2.75) is 11.4 Å². The lowest BCUT2D eigenvalue weighted by molar-refractivity contribution is 0.498. The number of aromatic amines is 1. The van der Waals surface area contributed by atoms with E-state index in [9.17, 15) is 13.2 Å². The minimum Gasteiger partial charge on any atom is -0.468 e. The van der Waals surface area contributed by atoms with Crippen molar-refractivity contribution < 1.29 is 12.8 Å². The van der Waals surface area contributed by atoms with Gasteiger partial charge in [-0.2, -0.15) is 5.10 Å². The molecule has 1 aromatic carbocycles. The molecule has 0 amide bonds. The summed E-state index contributed by atoms with van der Waals surface area (Å²) >= 11 is 6.03. The van der Waals surface area contributed by atoms with Crippen molar-refractivity contribution in [3.63, 3.8) is 0 Å². The maximum Gasteiger partial charge on any atom is 0.264 e. The number of aromatic nitrogens is 2. The van der Waals surface area contributed by atoms with Crippen molar-refractivity contribution >= 4 is 21.6 Å². The molecule has 0 aliphatic carbocycles. The van der Waals surface area contributed by atoms with E-state index in [1.807, 2.05) is 0 Å². The number of nitrogens with one attached hydrogen (secondary N) is 2. The van der Waals surface area contributed by atoms with Gasteiger partial charge in [0.05, 0.1) is 23.5 Å². The smallest absolute Gasteiger partial charge is 0.264 e. The molecule has 0 radical (unpaired) electrons. The first kappa shape index (κ1) is 16.4. The fourth-order valence-corrected chi connectivity index (χ4v) is 3.55. The number of nitrogens with zero attached hydrogens (tertiary/aromatic N) is 1. The number of halogens is 1. The Labute approximate surface area is 142 Å². The van der Waals surface area contributed by atoms with Gasteiger partial charge in [0.25, 0.3) is 5.56 Å². The molecule has 0 aliphatic heterocycles. The molecule has 0 saturated heterocycles. The Kier molecular flexibility index (Phi) is 4.52. The summed E-state index contributed by atoms with van der Waals surface area (Å²) in [7, 11) is -3.85. The fraction of sp³-hybridized carbons (Fsp3) is 0.0667. The monoisotopic (exact) mass is 365 g/mol. The first-order valence-corrected chi connectivity index (χ1v) is 8.69. The Morgan fingerprint density at radius 1 is 1.21 bits per heavy atom. The Morgan fingerprint density at radius 2 is 2.04 bits per heavy atom. The molecule has 7 nitrogen and oxygen atoms in total. The number of benzene rings is 1. The minimum atomic E-state index is -3.85. The Hall–Kier alpha value is -2.42. The molecule has 0 spiro atoms. The van der Waals surface area contributed by atoms with Crippen LogP contribution in [0.1, 0.15) is 5.76 Å². The van der Waals surface area contributed by atoms with Crippen molar-refractivity contribution in [1.29, 1.82) is 0 Å². The highest BCUT2D eigenvalue weighted by Gasteiger charge is 2.19. The van der Waals surface area contributed by atoms with Crippen LogP contribution in [0.3, 0.4) is 0 Å². The first-order valence-electron chi connectivity index (χ1n) is 6.83. The van der Waals surface area contributed by atoms with E-state index < -0.39 is 10.0 Å². The summed E-state index contributed by atoms with van der Waals surface area (Å²) in [5.74, 6) is 0.480. The van der Waals surface area contributed by atoms with Crippen LogP contribution in [-0.4, -0.2) is 18.6 Å². The Bertz CT molecular complexity index is 993. The molecule has 0 bridgehead atoms. The molecule has 2 aromatic heterocycles. The van der Waals surface area contributed by atoms with E-state index in [-0.39, 0.29) is 22.0 Å². The van der Waals surface area contributed by atoms with Gasteiger partial charge in [-0.1, -0.05) is 17.7 Å². The average molecular weight is 366 g/mol. The third-order valence-corrected chi connectivity index (χ3v) is 5.09. The molecule has 0 atom stereocenters. The largest absolute Gasteiger partial charge is 0.468 e. The predicted molar refractivity (Wildman–Crippen MR) is 88.0 cm³/mol. The van der Waals surface area contributed by atoms with Gasteiger partial charge in [0.15, 0.2) is 0 Å². The summed E-state index contributed by atoms with van der Waals surface area (Å²) in [6.45, 7) is 0.00674.